The standard InChI is InChI=1S/C14H32O3Si2.C12H26O3Si2.C7H14O2.C5H8O2/c1-9-14(2,3)13(15)16-11-10-12-19(7,8)17-18(4,5)6;1-11(2)12(13)14-9-8-10-17(6,7)15-16(3,4)5;1-5-7(2,3)6(8)9-4;1-4(2)5(6)7-3/h9-12H2,1-8H3;1,8-10H2,2-7H3;5H2,1-4H3;1H2,2-3H3. The Bertz CT molecular complexity index is 1100. The molecule has 0 saturated heterocycles. The van der Waals surface area contributed by atoms with Crippen LogP contribution < -0.4 is 0 Å². The summed E-state index contributed by atoms with van der Waals surface area (Å²) in [6.45, 7) is 45.0. The molecule has 0 radical (unpaired) electrons. The highest BCUT2D eigenvalue weighted by Crippen LogP contribution is 2.24. The van der Waals surface area contributed by atoms with Crippen LogP contribution in [0.4, 0.5) is 0 Å². The normalized spacial score (nSPS) is 11.9. The minimum atomic E-state index is -1.59. The Hall–Kier alpha value is -1.85. The van der Waals surface area contributed by atoms with Crippen LogP contribution in [0.15, 0.2) is 24.3 Å². The molecule has 0 bridgehead atoms. The molecule has 308 valence electrons. The maximum Gasteiger partial charge on any atom is 0.333 e. The number of carbonyl (C=O) groups is 4. The minimum absolute atomic E-state index is 0.0828. The van der Waals surface area contributed by atoms with Crippen LogP contribution in [0.5, 0.6) is 0 Å². The fourth-order valence-corrected chi connectivity index (χ4v) is 20.2. The summed E-state index contributed by atoms with van der Waals surface area (Å²) in [5.41, 5.74) is 0.221. The van der Waals surface area contributed by atoms with E-state index in [1.807, 2.05) is 41.5 Å². The van der Waals surface area contributed by atoms with Gasteiger partial charge in [-0.05, 0) is 145 Å². The van der Waals surface area contributed by atoms with Gasteiger partial charge >= 0.3 is 23.9 Å². The highest BCUT2D eigenvalue weighted by molar-refractivity contribution is 6.84. The third-order valence-corrected chi connectivity index (χ3v) is 19.9. The van der Waals surface area contributed by atoms with Crippen molar-refractivity contribution in [1.82, 2.24) is 0 Å². The summed E-state index contributed by atoms with van der Waals surface area (Å²) in [5, 5.41) is 0. The molecule has 0 saturated carbocycles. The number of carbonyl (C=O) groups excluding carboxylic acids is 4. The van der Waals surface area contributed by atoms with Crippen molar-refractivity contribution in [2.75, 3.05) is 27.4 Å². The van der Waals surface area contributed by atoms with E-state index >= 15 is 0 Å². The molecule has 14 heteroatoms. The molecule has 0 aromatic rings. The zero-order valence-corrected chi connectivity index (χ0v) is 41.2. The lowest BCUT2D eigenvalue weighted by Gasteiger charge is -2.31. The minimum Gasteiger partial charge on any atom is -0.469 e. The molecule has 0 aliphatic rings. The Balaban J connectivity index is -0.000000317. The first-order valence-electron chi connectivity index (χ1n) is 18.4. The largest absolute Gasteiger partial charge is 0.469 e. The summed E-state index contributed by atoms with van der Waals surface area (Å²) >= 11 is 0. The molecular formula is C38H80O10Si4. The molecule has 0 aliphatic heterocycles. The van der Waals surface area contributed by atoms with Gasteiger partial charge in [-0.25, -0.2) is 9.59 Å². The van der Waals surface area contributed by atoms with Gasteiger partial charge < -0.3 is 27.2 Å². The summed E-state index contributed by atoms with van der Waals surface area (Å²) in [6, 6.07) is 2.08. The molecule has 0 N–H and O–H groups in total. The number of methoxy groups -OCH3 is 2. The van der Waals surface area contributed by atoms with E-state index in [2.05, 4.69) is 88.1 Å². The summed E-state index contributed by atoms with van der Waals surface area (Å²) < 4.78 is 31.7. The Labute approximate surface area is 323 Å². The Kier molecular flexibility index (Phi) is 28.5. The number of esters is 4. The van der Waals surface area contributed by atoms with Crippen LogP contribution in [0.25, 0.3) is 0 Å². The molecule has 0 fully saturated rings. The second-order valence-electron chi connectivity index (χ2n) is 17.4. The van der Waals surface area contributed by atoms with Gasteiger partial charge in [-0.3, -0.25) is 9.59 Å². The van der Waals surface area contributed by atoms with Crippen molar-refractivity contribution in [2.45, 2.75) is 159 Å². The summed E-state index contributed by atoms with van der Waals surface area (Å²) in [7, 11) is -3.35. The van der Waals surface area contributed by atoms with E-state index in [-0.39, 0.29) is 34.7 Å². The van der Waals surface area contributed by atoms with E-state index in [0.29, 0.717) is 24.4 Å². The van der Waals surface area contributed by atoms with Crippen molar-refractivity contribution < 1.29 is 46.4 Å². The number of ether oxygens (including phenoxy) is 4. The van der Waals surface area contributed by atoms with E-state index in [1.54, 1.807) is 13.8 Å². The highest BCUT2D eigenvalue weighted by atomic mass is 28.4. The van der Waals surface area contributed by atoms with E-state index in [0.717, 1.165) is 37.8 Å². The lowest BCUT2D eigenvalue weighted by molar-refractivity contribution is -0.154. The zero-order valence-electron chi connectivity index (χ0n) is 37.2. The fraction of sp³-hybridized carbons (Fsp3) is 0.789. The van der Waals surface area contributed by atoms with Gasteiger partial charge in [0.15, 0.2) is 33.3 Å². The molecule has 0 unspecified atom stereocenters. The van der Waals surface area contributed by atoms with Crippen molar-refractivity contribution >= 4 is 57.1 Å². The van der Waals surface area contributed by atoms with Crippen molar-refractivity contribution in [3.63, 3.8) is 0 Å². The van der Waals surface area contributed by atoms with Crippen LogP contribution >= 0.6 is 0 Å². The van der Waals surface area contributed by atoms with Crippen LogP contribution in [0.1, 0.15) is 81.1 Å². The van der Waals surface area contributed by atoms with Crippen LogP contribution in [-0.2, 0) is 46.4 Å². The predicted octanol–water partition coefficient (Wildman–Crippen LogP) is 10.3. The molecule has 0 amide bonds. The fourth-order valence-electron chi connectivity index (χ4n) is 4.14. The van der Waals surface area contributed by atoms with Crippen LogP contribution in [0.2, 0.25) is 77.6 Å². The van der Waals surface area contributed by atoms with Gasteiger partial charge in [-0.15, -0.1) is 0 Å². The molecule has 52 heavy (non-hydrogen) atoms. The second kappa shape index (κ2) is 26.0. The molecule has 0 aromatic carbocycles. The molecule has 0 spiro atoms. The van der Waals surface area contributed by atoms with Gasteiger partial charge in [0, 0.05) is 11.1 Å². The Morgan fingerprint density at radius 2 is 0.865 bits per heavy atom. The predicted molar refractivity (Wildman–Crippen MR) is 226 cm³/mol. The maximum atomic E-state index is 11.8. The number of hydrogen-bond acceptors (Lipinski definition) is 10. The molecule has 0 aromatic heterocycles. The molecule has 0 heterocycles. The average molecular weight is 809 g/mol. The van der Waals surface area contributed by atoms with Crippen molar-refractivity contribution in [3.8, 4) is 0 Å². The highest BCUT2D eigenvalue weighted by Gasteiger charge is 2.31. The monoisotopic (exact) mass is 808 g/mol. The first-order chi connectivity index (χ1) is 23.2. The lowest BCUT2D eigenvalue weighted by atomic mass is 9.91. The SMILES string of the molecule is C=C(C)C(=O)OC.C=C(C)C(=O)OCCC[Si](C)(C)O[Si](C)(C)C.CCC(C)(C)C(=O)OC.CCC(C)(C)C(=O)OCCC[Si](C)(C)O[Si](C)(C)C. The molecule has 0 atom stereocenters. The van der Waals surface area contributed by atoms with Crippen molar-refractivity contribution in [1.29, 1.82) is 0 Å². The van der Waals surface area contributed by atoms with Gasteiger partial charge in [0.2, 0.25) is 0 Å². The zero-order chi connectivity index (χ0) is 42.4. The van der Waals surface area contributed by atoms with Crippen LogP contribution in [0.3, 0.4) is 0 Å². The quantitative estimate of drug-likeness (QED) is 0.0435. The van der Waals surface area contributed by atoms with E-state index in [9.17, 15) is 19.2 Å². The summed E-state index contributed by atoms with van der Waals surface area (Å²) in [6.07, 6.45) is 3.42. The summed E-state index contributed by atoms with van der Waals surface area (Å²) in [4.78, 5) is 44.0. The van der Waals surface area contributed by atoms with Gasteiger partial charge in [0.05, 0.1) is 38.3 Å². The molecule has 10 nitrogen and oxygen atoms in total. The lowest BCUT2D eigenvalue weighted by Crippen LogP contribution is -2.42. The second-order valence-corrected chi connectivity index (χ2v) is 35.6. The van der Waals surface area contributed by atoms with Crippen molar-refractivity contribution in [2.24, 2.45) is 10.8 Å². The topological polar surface area (TPSA) is 124 Å². The maximum absolute atomic E-state index is 11.8. The van der Waals surface area contributed by atoms with E-state index in [1.165, 1.54) is 14.2 Å². The number of rotatable bonds is 18. The van der Waals surface area contributed by atoms with Gasteiger partial charge in [-0.2, -0.15) is 0 Å². The Morgan fingerprint density at radius 1 is 0.538 bits per heavy atom. The number of hydrogen-bond donors (Lipinski definition) is 0. The first kappa shape index (κ1) is 56.9. The molecule has 0 rings (SSSR count). The van der Waals surface area contributed by atoms with E-state index in [4.69, 9.17) is 17.7 Å². The third kappa shape index (κ3) is 33.9. The smallest absolute Gasteiger partial charge is 0.333 e. The summed E-state index contributed by atoms with van der Waals surface area (Å²) in [5.74, 6) is -0.860. The molecular weight excluding hydrogens is 729 g/mol. The van der Waals surface area contributed by atoms with Crippen LogP contribution in [-0.4, -0.2) is 84.6 Å². The Morgan fingerprint density at radius 3 is 1.10 bits per heavy atom. The van der Waals surface area contributed by atoms with Crippen LogP contribution in [0, 0.1) is 10.8 Å². The van der Waals surface area contributed by atoms with Gasteiger partial charge in [0.25, 0.3) is 0 Å². The third-order valence-electron chi connectivity index (χ3n) is 7.42. The first-order valence-corrected chi connectivity index (χ1v) is 31.4. The average Bonchev–Trinajstić information content (AvgIpc) is 2.98. The molecule has 0 aliphatic carbocycles. The van der Waals surface area contributed by atoms with E-state index < -0.39 is 33.3 Å². The van der Waals surface area contributed by atoms with Crippen molar-refractivity contribution in [3.05, 3.63) is 24.3 Å². The van der Waals surface area contributed by atoms with Gasteiger partial charge in [-0.1, -0.05) is 27.0 Å². The van der Waals surface area contributed by atoms with Gasteiger partial charge in [0.1, 0.15) is 0 Å².